The zero-order valence-electron chi connectivity index (χ0n) is 20.7. The number of fused-ring (bicyclic) bond motifs is 5. The largest absolute Gasteiger partial charge is 0.393 e. The number of hydrogen-bond donors (Lipinski definition) is 1. The monoisotopic (exact) mass is 412 g/mol. The van der Waals surface area contributed by atoms with Crippen molar-refractivity contribution in [1.29, 1.82) is 0 Å². The zero-order valence-corrected chi connectivity index (χ0v) is 20.7. The van der Waals surface area contributed by atoms with Crippen LogP contribution in [0.15, 0.2) is 23.8 Å². The van der Waals surface area contributed by atoms with Gasteiger partial charge in [-0.15, -0.1) is 0 Å². The van der Waals surface area contributed by atoms with Gasteiger partial charge in [-0.2, -0.15) is 0 Å². The van der Waals surface area contributed by atoms with Gasteiger partial charge in [-0.05, 0) is 110 Å². The molecule has 4 aliphatic rings. The van der Waals surface area contributed by atoms with Crippen LogP contribution in [0.2, 0.25) is 0 Å². The lowest BCUT2D eigenvalue weighted by Crippen LogP contribution is -2.50. The first kappa shape index (κ1) is 22.6. The van der Waals surface area contributed by atoms with Crippen LogP contribution < -0.4 is 0 Å². The van der Waals surface area contributed by atoms with Crippen molar-refractivity contribution in [3.63, 3.8) is 0 Å². The van der Waals surface area contributed by atoms with E-state index in [-0.39, 0.29) is 6.10 Å². The van der Waals surface area contributed by atoms with Gasteiger partial charge in [0.15, 0.2) is 0 Å². The third-order valence-corrected chi connectivity index (χ3v) is 10.8. The molecule has 0 amide bonds. The third kappa shape index (κ3) is 3.66. The highest BCUT2D eigenvalue weighted by Crippen LogP contribution is 2.67. The summed E-state index contributed by atoms with van der Waals surface area (Å²) >= 11 is 0. The van der Waals surface area contributed by atoms with Crippen LogP contribution in [0, 0.1) is 52.3 Å². The molecular weight excluding hydrogens is 364 g/mol. The standard InChI is InChI=1S/C29H48O/c1-7-21(19(2)3)9-8-20(4)25-12-13-26-24-11-10-22-18-23(30)14-16-28(22,5)27(24)15-17-29(25,26)6/h8-10,19-21,23-27,30H,7,11-18H2,1-6H3/t20?,21-,23+,24+,25-,26?,27?,28+,29-/m1/s1. The van der Waals surface area contributed by atoms with Crippen LogP contribution in [0.3, 0.4) is 0 Å². The quantitative estimate of drug-likeness (QED) is 0.457. The highest BCUT2D eigenvalue weighted by Gasteiger charge is 2.58. The van der Waals surface area contributed by atoms with E-state index in [9.17, 15) is 5.11 Å². The van der Waals surface area contributed by atoms with E-state index in [2.05, 4.69) is 59.8 Å². The van der Waals surface area contributed by atoms with Crippen molar-refractivity contribution in [2.24, 2.45) is 52.3 Å². The Balaban J connectivity index is 1.52. The van der Waals surface area contributed by atoms with Crippen LogP contribution in [-0.2, 0) is 0 Å². The van der Waals surface area contributed by atoms with Gasteiger partial charge in [0.25, 0.3) is 0 Å². The fourth-order valence-corrected chi connectivity index (χ4v) is 8.83. The normalized spacial score (nSPS) is 45.6. The molecule has 0 bridgehead atoms. The smallest absolute Gasteiger partial charge is 0.0577 e. The first-order chi connectivity index (χ1) is 14.2. The molecule has 0 aromatic heterocycles. The van der Waals surface area contributed by atoms with E-state index in [1.807, 2.05) is 0 Å². The second-order valence-corrected chi connectivity index (χ2v) is 12.4. The van der Waals surface area contributed by atoms with E-state index < -0.39 is 0 Å². The lowest BCUT2D eigenvalue weighted by atomic mass is 9.47. The first-order valence-corrected chi connectivity index (χ1v) is 13.3. The van der Waals surface area contributed by atoms with Crippen LogP contribution in [0.5, 0.6) is 0 Å². The molecule has 0 spiro atoms. The Hall–Kier alpha value is -0.560. The molecule has 9 atom stereocenters. The molecule has 1 N–H and O–H groups in total. The highest BCUT2D eigenvalue weighted by atomic mass is 16.3. The molecule has 0 aromatic rings. The zero-order chi connectivity index (χ0) is 21.7. The Morgan fingerprint density at radius 2 is 1.80 bits per heavy atom. The Bertz CT molecular complexity index is 674. The minimum Gasteiger partial charge on any atom is -0.393 e. The van der Waals surface area contributed by atoms with Gasteiger partial charge in [0.05, 0.1) is 6.10 Å². The van der Waals surface area contributed by atoms with Gasteiger partial charge in [-0.3, -0.25) is 0 Å². The van der Waals surface area contributed by atoms with E-state index in [0.29, 0.717) is 16.7 Å². The molecule has 0 radical (unpaired) electrons. The second-order valence-electron chi connectivity index (χ2n) is 12.4. The highest BCUT2D eigenvalue weighted by molar-refractivity contribution is 5.25. The predicted octanol–water partition coefficient (Wildman–Crippen LogP) is 7.80. The van der Waals surface area contributed by atoms with Crippen LogP contribution in [0.1, 0.15) is 99.3 Å². The summed E-state index contributed by atoms with van der Waals surface area (Å²) in [4.78, 5) is 0. The number of aliphatic hydroxyl groups excluding tert-OH is 1. The minimum atomic E-state index is -0.0870. The second kappa shape index (κ2) is 8.42. The van der Waals surface area contributed by atoms with Gasteiger partial charge in [-0.1, -0.05) is 65.3 Å². The summed E-state index contributed by atoms with van der Waals surface area (Å²) in [6.07, 6.45) is 19.1. The van der Waals surface area contributed by atoms with Crippen LogP contribution in [0.4, 0.5) is 0 Å². The molecule has 30 heavy (non-hydrogen) atoms. The number of aliphatic hydroxyl groups is 1. The van der Waals surface area contributed by atoms with Crippen molar-refractivity contribution in [2.75, 3.05) is 0 Å². The number of hydrogen-bond acceptors (Lipinski definition) is 1. The Morgan fingerprint density at radius 1 is 1.03 bits per heavy atom. The molecule has 1 nitrogen and oxygen atoms in total. The molecule has 3 unspecified atom stereocenters. The molecule has 4 rings (SSSR count). The molecule has 3 saturated carbocycles. The number of rotatable bonds is 5. The summed E-state index contributed by atoms with van der Waals surface area (Å²) < 4.78 is 0. The van der Waals surface area contributed by atoms with Gasteiger partial charge in [0.1, 0.15) is 0 Å². The minimum absolute atomic E-state index is 0.0870. The van der Waals surface area contributed by atoms with Crippen molar-refractivity contribution in [1.82, 2.24) is 0 Å². The lowest BCUT2D eigenvalue weighted by molar-refractivity contribution is -0.0540. The molecule has 0 saturated heterocycles. The summed E-state index contributed by atoms with van der Waals surface area (Å²) in [5.74, 6) is 5.70. The molecular formula is C29H48O. The number of allylic oxidation sites excluding steroid dienone is 3. The van der Waals surface area contributed by atoms with E-state index >= 15 is 0 Å². The maximum atomic E-state index is 10.2. The first-order valence-electron chi connectivity index (χ1n) is 13.3. The molecule has 1 heteroatoms. The van der Waals surface area contributed by atoms with Crippen LogP contribution in [0.25, 0.3) is 0 Å². The average Bonchev–Trinajstić information content (AvgIpc) is 3.06. The summed E-state index contributed by atoms with van der Waals surface area (Å²) in [6.45, 7) is 14.8. The summed E-state index contributed by atoms with van der Waals surface area (Å²) in [5, 5.41) is 10.2. The molecule has 0 aliphatic heterocycles. The van der Waals surface area contributed by atoms with E-state index in [1.165, 1.54) is 44.9 Å². The maximum Gasteiger partial charge on any atom is 0.0577 e. The van der Waals surface area contributed by atoms with Crippen molar-refractivity contribution in [2.45, 2.75) is 105 Å². The lowest BCUT2D eigenvalue weighted by Gasteiger charge is -2.58. The molecule has 170 valence electrons. The third-order valence-electron chi connectivity index (χ3n) is 10.8. The summed E-state index contributed by atoms with van der Waals surface area (Å²) in [6, 6.07) is 0. The van der Waals surface area contributed by atoms with Gasteiger partial charge in [0.2, 0.25) is 0 Å². The van der Waals surface area contributed by atoms with E-state index in [4.69, 9.17) is 0 Å². The van der Waals surface area contributed by atoms with Gasteiger partial charge in [-0.25, -0.2) is 0 Å². The topological polar surface area (TPSA) is 20.2 Å². The Morgan fingerprint density at radius 3 is 2.50 bits per heavy atom. The molecule has 0 aromatic carbocycles. The van der Waals surface area contributed by atoms with Crippen LogP contribution in [-0.4, -0.2) is 11.2 Å². The molecule has 4 aliphatic carbocycles. The van der Waals surface area contributed by atoms with E-state index in [0.717, 1.165) is 48.3 Å². The fourth-order valence-electron chi connectivity index (χ4n) is 8.83. The van der Waals surface area contributed by atoms with Crippen molar-refractivity contribution < 1.29 is 5.11 Å². The Labute approximate surface area is 186 Å². The average molecular weight is 413 g/mol. The summed E-state index contributed by atoms with van der Waals surface area (Å²) in [7, 11) is 0. The Kier molecular flexibility index (Phi) is 6.35. The maximum absolute atomic E-state index is 10.2. The van der Waals surface area contributed by atoms with Gasteiger partial charge in [0, 0.05) is 0 Å². The van der Waals surface area contributed by atoms with Gasteiger partial charge >= 0.3 is 0 Å². The molecule has 3 fully saturated rings. The predicted molar refractivity (Wildman–Crippen MR) is 128 cm³/mol. The van der Waals surface area contributed by atoms with E-state index in [1.54, 1.807) is 5.57 Å². The van der Waals surface area contributed by atoms with Crippen molar-refractivity contribution >= 4 is 0 Å². The fraction of sp³-hybridized carbons (Fsp3) is 0.862. The SMILES string of the molecule is CC[C@H](C=CC(C)[C@H]1CCC2[C@@H]3CC=C4C[C@@H](O)CC[C@]4(C)C3CC[C@@]21C)C(C)C. The summed E-state index contributed by atoms with van der Waals surface area (Å²) in [5.41, 5.74) is 2.51. The molecule has 0 heterocycles. The van der Waals surface area contributed by atoms with Crippen molar-refractivity contribution in [3.8, 4) is 0 Å². The van der Waals surface area contributed by atoms with Crippen molar-refractivity contribution in [3.05, 3.63) is 23.8 Å². The van der Waals surface area contributed by atoms with Gasteiger partial charge < -0.3 is 5.11 Å². The van der Waals surface area contributed by atoms with Crippen LogP contribution >= 0.6 is 0 Å².